The third kappa shape index (κ3) is 5.50. The van der Waals surface area contributed by atoms with Crippen LogP contribution in [0.5, 0.6) is 0 Å². The molecule has 0 amide bonds. The monoisotopic (exact) mass is 505 g/mol. The Morgan fingerprint density at radius 1 is 1.31 bits per heavy atom. The van der Waals surface area contributed by atoms with Gasteiger partial charge >= 0.3 is 5.97 Å². The number of carbonyl (C=O) groups excluding carboxylic acids is 1. The number of hydrogen-bond acceptors (Lipinski definition) is 7. The number of ether oxygens (including phenoxy) is 1. The van der Waals surface area contributed by atoms with E-state index in [-0.39, 0.29) is 11.4 Å². The molecule has 2 aromatic heterocycles. The highest BCUT2D eigenvalue weighted by Crippen LogP contribution is 2.44. The number of thiazole rings is 1. The fraction of sp³-hybridized carbons (Fsp3) is 0.393. The highest BCUT2D eigenvalue weighted by Gasteiger charge is 2.34. The number of benzene rings is 1. The van der Waals surface area contributed by atoms with Crippen LogP contribution in [0, 0.1) is 29.6 Å². The number of nitriles is 1. The molecule has 0 saturated carbocycles. The summed E-state index contributed by atoms with van der Waals surface area (Å²) in [5.41, 5.74) is 5.42. The summed E-state index contributed by atoms with van der Waals surface area (Å²) >= 11 is 3.04. The maximum atomic E-state index is 12.9. The number of aromatic nitrogens is 1. The molecule has 0 aliphatic heterocycles. The predicted octanol–water partition coefficient (Wildman–Crippen LogP) is 7.48. The minimum atomic E-state index is -0.301. The quantitative estimate of drug-likeness (QED) is 0.277. The zero-order valence-electron chi connectivity index (χ0n) is 20.9. The van der Waals surface area contributed by atoms with Crippen LogP contribution in [0.3, 0.4) is 0 Å². The molecule has 1 N–H and O–H groups in total. The van der Waals surface area contributed by atoms with Gasteiger partial charge in [0.25, 0.3) is 0 Å². The molecule has 1 aromatic carbocycles. The standard InChI is InChI=1S/C28H31N3O2S2/c1-6-33-27(32)24-21-12-11-20(28(3,4)5)13-23(21)35-26(24)30-15-19(14-29)25-31-22(16-34-25)18-9-7-17(2)8-10-18/h7-10,15-16,20,30H,6,11-13H2,1-5H3/b19-15+/t20-/m0/s1. The Morgan fingerprint density at radius 3 is 2.71 bits per heavy atom. The first-order chi connectivity index (χ1) is 16.7. The average Bonchev–Trinajstić information content (AvgIpc) is 3.44. The molecule has 0 radical (unpaired) electrons. The summed E-state index contributed by atoms with van der Waals surface area (Å²) in [5, 5.41) is 16.5. The fourth-order valence-electron chi connectivity index (χ4n) is 4.38. The Kier molecular flexibility index (Phi) is 7.44. The van der Waals surface area contributed by atoms with Crippen LogP contribution in [0.4, 0.5) is 5.00 Å². The summed E-state index contributed by atoms with van der Waals surface area (Å²) in [6, 6.07) is 10.4. The van der Waals surface area contributed by atoms with Crippen molar-refractivity contribution in [3.63, 3.8) is 0 Å². The van der Waals surface area contributed by atoms with Crippen molar-refractivity contribution in [3.05, 3.63) is 62.4 Å². The van der Waals surface area contributed by atoms with Gasteiger partial charge in [0.1, 0.15) is 21.7 Å². The summed E-state index contributed by atoms with van der Waals surface area (Å²) < 4.78 is 5.40. The number of anilines is 1. The minimum absolute atomic E-state index is 0.216. The second-order valence-corrected chi connectivity index (χ2v) is 11.9. The van der Waals surface area contributed by atoms with Gasteiger partial charge in [0, 0.05) is 22.0 Å². The van der Waals surface area contributed by atoms with Crippen LogP contribution in [-0.2, 0) is 17.6 Å². The molecule has 182 valence electrons. The van der Waals surface area contributed by atoms with Crippen molar-refractivity contribution in [1.29, 1.82) is 5.26 Å². The van der Waals surface area contributed by atoms with E-state index in [4.69, 9.17) is 4.74 Å². The van der Waals surface area contributed by atoms with Crippen LogP contribution in [0.1, 0.15) is 65.5 Å². The number of hydrogen-bond donors (Lipinski definition) is 1. The molecule has 3 aromatic rings. The Bertz CT molecular complexity index is 1290. The third-order valence-electron chi connectivity index (χ3n) is 6.52. The van der Waals surface area contributed by atoms with E-state index >= 15 is 0 Å². The van der Waals surface area contributed by atoms with Gasteiger partial charge in [0.15, 0.2) is 0 Å². The third-order valence-corrected chi connectivity index (χ3v) is 8.58. The number of rotatable bonds is 6. The van der Waals surface area contributed by atoms with Gasteiger partial charge in [0.2, 0.25) is 0 Å². The second kappa shape index (κ2) is 10.3. The molecule has 2 heterocycles. The van der Waals surface area contributed by atoms with Crippen LogP contribution < -0.4 is 5.32 Å². The van der Waals surface area contributed by atoms with Gasteiger partial charge in [-0.25, -0.2) is 9.78 Å². The number of nitrogens with zero attached hydrogens (tertiary/aromatic N) is 2. The lowest BCUT2D eigenvalue weighted by molar-refractivity contribution is 0.0526. The normalized spacial score (nSPS) is 15.9. The van der Waals surface area contributed by atoms with Gasteiger partial charge in [-0.1, -0.05) is 50.6 Å². The Labute approximate surface area is 215 Å². The second-order valence-electron chi connectivity index (χ2n) is 9.95. The molecule has 1 aliphatic rings. The van der Waals surface area contributed by atoms with Crippen molar-refractivity contribution in [1.82, 2.24) is 4.98 Å². The summed E-state index contributed by atoms with van der Waals surface area (Å²) in [5.74, 6) is 0.266. The lowest BCUT2D eigenvalue weighted by Gasteiger charge is -2.33. The van der Waals surface area contributed by atoms with Crippen LogP contribution in [0.15, 0.2) is 35.8 Å². The molecule has 4 rings (SSSR count). The molecule has 1 atom stereocenters. The van der Waals surface area contributed by atoms with Crippen LogP contribution in [0.25, 0.3) is 16.8 Å². The predicted molar refractivity (Wildman–Crippen MR) is 145 cm³/mol. The Balaban J connectivity index is 1.63. The minimum Gasteiger partial charge on any atom is -0.462 e. The molecule has 0 saturated heterocycles. The van der Waals surface area contributed by atoms with E-state index in [9.17, 15) is 10.1 Å². The number of carbonyl (C=O) groups is 1. The molecule has 0 fully saturated rings. The first-order valence-corrected chi connectivity index (χ1v) is 13.6. The molecular formula is C28H31N3O2S2. The number of thiophene rings is 1. The summed E-state index contributed by atoms with van der Waals surface area (Å²) in [7, 11) is 0. The van der Waals surface area contributed by atoms with E-state index in [1.165, 1.54) is 21.8 Å². The number of esters is 1. The zero-order valence-corrected chi connectivity index (χ0v) is 22.5. The number of fused-ring (bicyclic) bond motifs is 1. The maximum Gasteiger partial charge on any atom is 0.341 e. The lowest BCUT2D eigenvalue weighted by atomic mass is 9.72. The van der Waals surface area contributed by atoms with Crippen molar-refractivity contribution in [3.8, 4) is 17.3 Å². The molecule has 0 spiro atoms. The number of nitrogens with one attached hydrogen (secondary N) is 1. The maximum absolute atomic E-state index is 12.9. The van der Waals surface area contributed by atoms with Gasteiger partial charge in [-0.2, -0.15) is 5.26 Å². The van der Waals surface area contributed by atoms with Gasteiger partial charge in [-0.15, -0.1) is 22.7 Å². The van der Waals surface area contributed by atoms with E-state index in [2.05, 4.69) is 56.2 Å². The molecule has 0 bridgehead atoms. The van der Waals surface area contributed by atoms with Gasteiger partial charge in [-0.3, -0.25) is 0 Å². The van der Waals surface area contributed by atoms with Crippen molar-refractivity contribution >= 4 is 39.2 Å². The van der Waals surface area contributed by atoms with E-state index in [1.54, 1.807) is 17.5 Å². The molecule has 0 unspecified atom stereocenters. The highest BCUT2D eigenvalue weighted by molar-refractivity contribution is 7.16. The average molecular weight is 506 g/mol. The first-order valence-electron chi connectivity index (χ1n) is 11.9. The van der Waals surface area contributed by atoms with E-state index in [0.717, 1.165) is 41.1 Å². The van der Waals surface area contributed by atoms with Gasteiger partial charge < -0.3 is 10.1 Å². The lowest BCUT2D eigenvalue weighted by Crippen LogP contribution is -2.26. The number of allylic oxidation sites excluding steroid dienone is 1. The van der Waals surface area contributed by atoms with Crippen molar-refractivity contribution < 1.29 is 9.53 Å². The van der Waals surface area contributed by atoms with E-state index in [1.807, 2.05) is 24.4 Å². The summed E-state index contributed by atoms with van der Waals surface area (Å²) in [4.78, 5) is 18.8. The van der Waals surface area contributed by atoms with Gasteiger partial charge in [-0.05, 0) is 50.0 Å². The fourth-order valence-corrected chi connectivity index (χ4v) is 6.46. The number of aryl methyl sites for hydroxylation is 1. The van der Waals surface area contributed by atoms with Gasteiger partial charge in [0.05, 0.1) is 17.9 Å². The topological polar surface area (TPSA) is 75.0 Å². The Hall–Kier alpha value is -2.95. The smallest absolute Gasteiger partial charge is 0.341 e. The van der Waals surface area contributed by atoms with E-state index in [0.29, 0.717) is 28.7 Å². The summed E-state index contributed by atoms with van der Waals surface area (Å²) in [6.07, 6.45) is 4.54. The van der Waals surface area contributed by atoms with Crippen LogP contribution >= 0.6 is 22.7 Å². The van der Waals surface area contributed by atoms with Crippen LogP contribution in [0.2, 0.25) is 0 Å². The SMILES string of the molecule is CCOC(=O)c1c(N/C=C(\C#N)c2nc(-c3ccc(C)cc3)cs2)sc2c1CC[C@H](C(C)(C)C)C2. The largest absolute Gasteiger partial charge is 0.462 e. The molecule has 35 heavy (non-hydrogen) atoms. The molecular weight excluding hydrogens is 474 g/mol. The molecule has 7 heteroatoms. The first kappa shape index (κ1) is 25.2. The van der Waals surface area contributed by atoms with Crippen molar-refractivity contribution in [2.45, 2.75) is 53.9 Å². The Morgan fingerprint density at radius 2 is 2.06 bits per heavy atom. The summed E-state index contributed by atoms with van der Waals surface area (Å²) in [6.45, 7) is 11.0. The zero-order chi connectivity index (χ0) is 25.2. The van der Waals surface area contributed by atoms with E-state index < -0.39 is 0 Å². The highest BCUT2D eigenvalue weighted by atomic mass is 32.1. The molecule has 1 aliphatic carbocycles. The van der Waals surface area contributed by atoms with Crippen molar-refractivity contribution in [2.75, 3.05) is 11.9 Å². The molecule has 5 nitrogen and oxygen atoms in total. The van der Waals surface area contributed by atoms with Crippen LogP contribution in [-0.4, -0.2) is 17.6 Å². The van der Waals surface area contributed by atoms with Crippen molar-refractivity contribution in [2.24, 2.45) is 11.3 Å².